The molecule has 0 aliphatic carbocycles. The Hall–Kier alpha value is -1.81. The normalized spacial score (nSPS) is 11.1. The molecule has 0 bridgehead atoms. The van der Waals surface area contributed by atoms with Gasteiger partial charge in [-0.1, -0.05) is 38.1 Å². The minimum atomic E-state index is 0.214. The van der Waals surface area contributed by atoms with Crippen LogP contribution in [0.25, 0.3) is 11.3 Å². The Morgan fingerprint density at radius 3 is 2.41 bits per heavy atom. The summed E-state index contributed by atoms with van der Waals surface area (Å²) in [6.45, 7) is 4.65. The lowest BCUT2D eigenvalue weighted by atomic mass is 10.0. The predicted molar refractivity (Wildman–Crippen MR) is 68.3 cm³/mol. The molecule has 2 rings (SSSR count). The van der Waals surface area contributed by atoms with Crippen LogP contribution in [0.4, 0.5) is 6.01 Å². The van der Waals surface area contributed by atoms with Crippen LogP contribution in [0.2, 0.25) is 0 Å². The molecule has 1 aromatic carbocycles. The van der Waals surface area contributed by atoms with Crippen molar-refractivity contribution in [3.8, 4) is 11.3 Å². The SMILES string of the molecule is CC(C)c1oc(N)nc1-c1ccc(CN)cc1. The number of rotatable bonds is 3. The van der Waals surface area contributed by atoms with Crippen molar-refractivity contribution in [3.05, 3.63) is 35.6 Å². The predicted octanol–water partition coefficient (Wildman–Crippen LogP) is 2.51. The van der Waals surface area contributed by atoms with Crippen LogP contribution in [-0.4, -0.2) is 4.98 Å². The van der Waals surface area contributed by atoms with Crippen molar-refractivity contribution < 1.29 is 4.42 Å². The molecular weight excluding hydrogens is 214 g/mol. The number of nitrogens with zero attached hydrogens (tertiary/aromatic N) is 1. The van der Waals surface area contributed by atoms with E-state index in [-0.39, 0.29) is 11.9 Å². The van der Waals surface area contributed by atoms with Gasteiger partial charge in [0, 0.05) is 18.0 Å². The molecule has 0 unspecified atom stereocenters. The van der Waals surface area contributed by atoms with Gasteiger partial charge in [-0.2, -0.15) is 4.98 Å². The highest BCUT2D eigenvalue weighted by Gasteiger charge is 2.16. The van der Waals surface area contributed by atoms with E-state index in [1.165, 1.54) is 0 Å². The van der Waals surface area contributed by atoms with Crippen LogP contribution >= 0.6 is 0 Å². The number of aromatic nitrogens is 1. The van der Waals surface area contributed by atoms with Gasteiger partial charge in [-0.3, -0.25) is 0 Å². The monoisotopic (exact) mass is 231 g/mol. The van der Waals surface area contributed by atoms with Crippen LogP contribution < -0.4 is 11.5 Å². The number of benzene rings is 1. The van der Waals surface area contributed by atoms with E-state index in [9.17, 15) is 0 Å². The lowest BCUT2D eigenvalue weighted by molar-refractivity contribution is 0.500. The lowest BCUT2D eigenvalue weighted by Crippen LogP contribution is -1.96. The summed E-state index contributed by atoms with van der Waals surface area (Å²) >= 11 is 0. The third kappa shape index (κ3) is 2.31. The molecule has 0 aliphatic heterocycles. The molecule has 90 valence electrons. The summed E-state index contributed by atoms with van der Waals surface area (Å²) in [5.74, 6) is 1.08. The molecule has 0 amide bonds. The molecule has 4 nitrogen and oxygen atoms in total. The summed E-state index contributed by atoms with van der Waals surface area (Å²) in [4.78, 5) is 4.24. The molecule has 0 saturated carbocycles. The fourth-order valence-corrected chi connectivity index (χ4v) is 1.75. The van der Waals surface area contributed by atoms with Crippen LogP contribution in [0, 0.1) is 0 Å². The number of nitrogen functional groups attached to an aromatic ring is 1. The van der Waals surface area contributed by atoms with Crippen molar-refractivity contribution in [1.82, 2.24) is 4.98 Å². The van der Waals surface area contributed by atoms with Gasteiger partial charge >= 0.3 is 0 Å². The Bertz CT molecular complexity index is 500. The van der Waals surface area contributed by atoms with E-state index in [1.807, 2.05) is 24.3 Å². The summed E-state index contributed by atoms with van der Waals surface area (Å²) in [6.07, 6.45) is 0. The molecule has 2 aromatic rings. The first kappa shape index (κ1) is 11.7. The molecule has 4 heteroatoms. The topological polar surface area (TPSA) is 78.1 Å². The number of hydrogen-bond acceptors (Lipinski definition) is 4. The van der Waals surface area contributed by atoms with E-state index in [1.54, 1.807) is 0 Å². The van der Waals surface area contributed by atoms with Crippen LogP contribution in [0.15, 0.2) is 28.7 Å². The zero-order chi connectivity index (χ0) is 12.4. The highest BCUT2D eigenvalue weighted by Crippen LogP contribution is 2.30. The smallest absolute Gasteiger partial charge is 0.292 e. The van der Waals surface area contributed by atoms with Crippen molar-refractivity contribution in [1.29, 1.82) is 0 Å². The Balaban J connectivity index is 2.44. The second-order valence-electron chi connectivity index (χ2n) is 4.32. The molecule has 0 aliphatic rings. The maximum atomic E-state index is 5.61. The minimum Gasteiger partial charge on any atom is -0.428 e. The van der Waals surface area contributed by atoms with Crippen molar-refractivity contribution >= 4 is 6.01 Å². The van der Waals surface area contributed by atoms with Gasteiger partial charge in [0.2, 0.25) is 0 Å². The summed E-state index contributed by atoms with van der Waals surface area (Å²) in [6, 6.07) is 8.18. The van der Waals surface area contributed by atoms with Crippen molar-refractivity contribution in [2.45, 2.75) is 26.3 Å². The van der Waals surface area contributed by atoms with Crippen LogP contribution in [-0.2, 0) is 6.54 Å². The number of nitrogens with two attached hydrogens (primary N) is 2. The number of hydrogen-bond donors (Lipinski definition) is 2. The summed E-state index contributed by atoms with van der Waals surface area (Å²) in [5, 5.41) is 0. The van der Waals surface area contributed by atoms with E-state index in [2.05, 4.69) is 18.8 Å². The maximum Gasteiger partial charge on any atom is 0.292 e. The van der Waals surface area contributed by atoms with Gasteiger partial charge in [-0.15, -0.1) is 0 Å². The van der Waals surface area contributed by atoms with Crippen LogP contribution in [0.1, 0.15) is 31.1 Å². The number of anilines is 1. The zero-order valence-corrected chi connectivity index (χ0v) is 10.1. The van der Waals surface area contributed by atoms with Gasteiger partial charge in [0.25, 0.3) is 6.01 Å². The first-order valence-corrected chi connectivity index (χ1v) is 5.67. The largest absolute Gasteiger partial charge is 0.428 e. The molecule has 17 heavy (non-hydrogen) atoms. The van der Waals surface area contributed by atoms with Crippen molar-refractivity contribution in [2.75, 3.05) is 5.73 Å². The van der Waals surface area contributed by atoms with Gasteiger partial charge in [-0.25, -0.2) is 0 Å². The third-order valence-corrected chi connectivity index (χ3v) is 2.66. The average molecular weight is 231 g/mol. The van der Waals surface area contributed by atoms with Crippen LogP contribution in [0.5, 0.6) is 0 Å². The summed E-state index contributed by atoms with van der Waals surface area (Å²) < 4.78 is 5.43. The molecular formula is C13H17N3O. The fraction of sp³-hybridized carbons (Fsp3) is 0.308. The van der Waals surface area contributed by atoms with Gasteiger partial charge in [0.15, 0.2) is 0 Å². The Kier molecular flexibility index (Phi) is 3.15. The van der Waals surface area contributed by atoms with Gasteiger partial charge in [0.1, 0.15) is 11.5 Å². The molecule has 4 N–H and O–H groups in total. The highest BCUT2D eigenvalue weighted by atomic mass is 16.4. The molecule has 0 saturated heterocycles. The summed E-state index contributed by atoms with van der Waals surface area (Å²) in [7, 11) is 0. The summed E-state index contributed by atoms with van der Waals surface area (Å²) in [5.41, 5.74) is 14.1. The molecule has 0 fully saturated rings. The van der Waals surface area contributed by atoms with Gasteiger partial charge < -0.3 is 15.9 Å². The molecule has 0 spiro atoms. The first-order valence-electron chi connectivity index (χ1n) is 5.67. The van der Waals surface area contributed by atoms with Crippen molar-refractivity contribution in [3.63, 3.8) is 0 Å². The van der Waals surface area contributed by atoms with E-state index in [0.717, 1.165) is 22.6 Å². The van der Waals surface area contributed by atoms with Crippen LogP contribution in [0.3, 0.4) is 0 Å². The molecule has 0 radical (unpaired) electrons. The Morgan fingerprint density at radius 1 is 1.24 bits per heavy atom. The Morgan fingerprint density at radius 2 is 1.88 bits per heavy atom. The standard InChI is InChI=1S/C13H17N3O/c1-8(2)12-11(16-13(15)17-12)10-5-3-9(7-14)4-6-10/h3-6,8H,7,14H2,1-2H3,(H2,15,16). The molecule has 1 aromatic heterocycles. The third-order valence-electron chi connectivity index (χ3n) is 2.66. The quantitative estimate of drug-likeness (QED) is 0.850. The second kappa shape index (κ2) is 4.59. The minimum absolute atomic E-state index is 0.214. The van der Waals surface area contributed by atoms with E-state index >= 15 is 0 Å². The van der Waals surface area contributed by atoms with Crippen molar-refractivity contribution in [2.24, 2.45) is 5.73 Å². The van der Waals surface area contributed by atoms with Gasteiger partial charge in [-0.05, 0) is 5.56 Å². The van der Waals surface area contributed by atoms with E-state index in [0.29, 0.717) is 6.54 Å². The highest BCUT2D eigenvalue weighted by molar-refractivity contribution is 5.63. The second-order valence-corrected chi connectivity index (χ2v) is 4.32. The maximum absolute atomic E-state index is 5.61. The van der Waals surface area contributed by atoms with E-state index in [4.69, 9.17) is 15.9 Å². The van der Waals surface area contributed by atoms with E-state index < -0.39 is 0 Å². The fourth-order valence-electron chi connectivity index (χ4n) is 1.75. The Labute approximate surface area is 101 Å². The zero-order valence-electron chi connectivity index (χ0n) is 10.1. The van der Waals surface area contributed by atoms with Gasteiger partial charge in [0.05, 0.1) is 0 Å². The lowest BCUT2D eigenvalue weighted by Gasteiger charge is -2.04. The first-order chi connectivity index (χ1) is 8.11. The molecule has 1 heterocycles. The average Bonchev–Trinajstić information content (AvgIpc) is 2.72. The molecule has 0 atom stereocenters. The number of oxazole rings is 1.